The molecule has 3 nitrogen and oxygen atoms in total. The minimum atomic E-state index is 0.308. The lowest BCUT2D eigenvalue weighted by atomic mass is 9.52. The van der Waals surface area contributed by atoms with Crippen LogP contribution in [0.5, 0.6) is 5.75 Å². The third kappa shape index (κ3) is 2.07. The highest BCUT2D eigenvalue weighted by molar-refractivity contribution is 5.45. The van der Waals surface area contributed by atoms with E-state index in [4.69, 9.17) is 4.42 Å². The van der Waals surface area contributed by atoms with Crippen LogP contribution in [-0.2, 0) is 18.4 Å². The summed E-state index contributed by atoms with van der Waals surface area (Å²) in [6.45, 7) is 2.16. The van der Waals surface area contributed by atoms with Crippen LogP contribution in [-0.4, -0.2) is 22.6 Å². The Bertz CT molecular complexity index is 738. The summed E-state index contributed by atoms with van der Waals surface area (Å²) in [6, 6.07) is 8.85. The highest BCUT2D eigenvalue weighted by atomic mass is 16.3. The summed E-state index contributed by atoms with van der Waals surface area (Å²) in [5, 5.41) is 10.1. The second-order valence-corrected chi connectivity index (χ2v) is 7.97. The summed E-state index contributed by atoms with van der Waals surface area (Å²) >= 11 is 0. The Labute approximate surface area is 143 Å². The maximum atomic E-state index is 10.1. The van der Waals surface area contributed by atoms with Gasteiger partial charge in [-0.1, -0.05) is 18.9 Å². The molecule has 2 aromatic rings. The van der Waals surface area contributed by atoms with Crippen LogP contribution in [0, 0.1) is 5.92 Å². The molecule has 3 aliphatic rings. The van der Waals surface area contributed by atoms with Gasteiger partial charge >= 0.3 is 0 Å². The Morgan fingerprint density at radius 1 is 1.21 bits per heavy atom. The predicted molar refractivity (Wildman–Crippen MR) is 93.0 cm³/mol. The Balaban J connectivity index is 1.56. The monoisotopic (exact) mass is 323 g/mol. The van der Waals surface area contributed by atoms with E-state index in [1.165, 1.54) is 48.8 Å². The predicted octanol–water partition coefficient (Wildman–Crippen LogP) is 4.24. The van der Waals surface area contributed by atoms with E-state index >= 15 is 0 Å². The van der Waals surface area contributed by atoms with Crippen LogP contribution in [0.3, 0.4) is 0 Å². The van der Waals surface area contributed by atoms with Crippen LogP contribution in [0.2, 0.25) is 0 Å². The summed E-state index contributed by atoms with van der Waals surface area (Å²) in [7, 11) is 0. The molecule has 2 aliphatic carbocycles. The van der Waals surface area contributed by atoms with E-state index in [0.29, 0.717) is 17.2 Å². The zero-order valence-electron chi connectivity index (χ0n) is 14.1. The standard InChI is InChI=1S/C21H25NO2/c23-17-5-4-16-11-20-18-3-1-2-7-21(18,19(16)12-17)8-9-22(20)13-15-6-10-24-14-15/h4-6,10,12,14,18,20,23H,1-3,7-9,11,13H2/t18?,20-,21-/m0/s1. The van der Waals surface area contributed by atoms with Crippen LogP contribution >= 0.6 is 0 Å². The Hall–Kier alpha value is -1.74. The summed E-state index contributed by atoms with van der Waals surface area (Å²) in [4.78, 5) is 2.69. The van der Waals surface area contributed by atoms with Crippen LogP contribution < -0.4 is 0 Å². The Morgan fingerprint density at radius 2 is 2.17 bits per heavy atom. The topological polar surface area (TPSA) is 36.6 Å². The fraction of sp³-hybridized carbons (Fsp3) is 0.524. The van der Waals surface area contributed by atoms with Gasteiger partial charge in [0.25, 0.3) is 0 Å². The van der Waals surface area contributed by atoms with Crippen molar-refractivity contribution in [2.75, 3.05) is 6.54 Å². The van der Waals surface area contributed by atoms with Gasteiger partial charge in [0.2, 0.25) is 0 Å². The van der Waals surface area contributed by atoms with Gasteiger partial charge in [0.15, 0.2) is 0 Å². The van der Waals surface area contributed by atoms with E-state index in [1.807, 2.05) is 12.3 Å². The molecular formula is C21H25NO2. The molecule has 2 heterocycles. The molecule has 3 heteroatoms. The number of aromatic hydroxyl groups is 1. The quantitative estimate of drug-likeness (QED) is 0.898. The first-order valence-electron chi connectivity index (χ1n) is 9.34. The fourth-order valence-corrected chi connectivity index (χ4v) is 5.89. The van der Waals surface area contributed by atoms with E-state index in [-0.39, 0.29) is 0 Å². The van der Waals surface area contributed by atoms with Crippen molar-refractivity contribution in [1.82, 2.24) is 4.90 Å². The second kappa shape index (κ2) is 5.38. The van der Waals surface area contributed by atoms with Crippen molar-refractivity contribution in [2.45, 2.75) is 56.5 Å². The molecule has 1 aliphatic heterocycles. The lowest BCUT2D eigenvalue weighted by Gasteiger charge is -2.59. The lowest BCUT2D eigenvalue weighted by molar-refractivity contribution is -0.0158. The summed E-state index contributed by atoms with van der Waals surface area (Å²) in [5.41, 5.74) is 4.52. The summed E-state index contributed by atoms with van der Waals surface area (Å²) in [6.07, 6.45) is 11.3. The van der Waals surface area contributed by atoms with Gasteiger partial charge in [0.05, 0.1) is 12.5 Å². The van der Waals surface area contributed by atoms with E-state index in [1.54, 1.807) is 6.26 Å². The van der Waals surface area contributed by atoms with E-state index < -0.39 is 0 Å². The largest absolute Gasteiger partial charge is 0.508 e. The normalized spacial score (nSPS) is 32.2. The number of fused-ring (bicyclic) bond motifs is 1. The van der Waals surface area contributed by atoms with Gasteiger partial charge in [-0.25, -0.2) is 0 Å². The number of phenolic OH excluding ortho intramolecular Hbond substituents is 1. The first-order valence-corrected chi connectivity index (χ1v) is 9.34. The molecule has 2 bridgehead atoms. The number of piperidine rings is 1. The van der Waals surface area contributed by atoms with Gasteiger partial charge in [-0.3, -0.25) is 4.90 Å². The van der Waals surface area contributed by atoms with Crippen molar-refractivity contribution >= 4 is 0 Å². The van der Waals surface area contributed by atoms with Gasteiger partial charge in [-0.2, -0.15) is 0 Å². The smallest absolute Gasteiger partial charge is 0.115 e. The molecule has 1 unspecified atom stereocenters. The number of likely N-dealkylation sites (tertiary alicyclic amines) is 1. The third-order valence-corrected chi connectivity index (χ3v) is 6.90. The van der Waals surface area contributed by atoms with Crippen molar-refractivity contribution in [3.8, 4) is 5.75 Å². The molecule has 1 aromatic carbocycles. The first-order chi connectivity index (χ1) is 11.8. The summed E-state index contributed by atoms with van der Waals surface area (Å²) < 4.78 is 5.28. The Morgan fingerprint density at radius 3 is 3.04 bits per heavy atom. The molecule has 0 spiro atoms. The van der Waals surface area contributed by atoms with Gasteiger partial charge in [0.1, 0.15) is 5.75 Å². The van der Waals surface area contributed by atoms with Crippen molar-refractivity contribution in [3.05, 3.63) is 53.5 Å². The van der Waals surface area contributed by atoms with Crippen LogP contribution in [0.25, 0.3) is 0 Å². The average molecular weight is 323 g/mol. The Kier molecular flexibility index (Phi) is 3.27. The van der Waals surface area contributed by atoms with Gasteiger partial charge in [-0.15, -0.1) is 0 Å². The molecule has 1 saturated heterocycles. The van der Waals surface area contributed by atoms with Crippen molar-refractivity contribution in [2.24, 2.45) is 5.92 Å². The fourth-order valence-electron chi connectivity index (χ4n) is 5.89. The number of phenols is 1. The number of hydrogen-bond donors (Lipinski definition) is 1. The van der Waals surface area contributed by atoms with E-state index in [9.17, 15) is 5.11 Å². The highest BCUT2D eigenvalue weighted by Crippen LogP contribution is 2.56. The van der Waals surface area contributed by atoms with E-state index in [0.717, 1.165) is 25.4 Å². The van der Waals surface area contributed by atoms with Crippen LogP contribution in [0.4, 0.5) is 0 Å². The minimum Gasteiger partial charge on any atom is -0.508 e. The van der Waals surface area contributed by atoms with Crippen molar-refractivity contribution in [3.63, 3.8) is 0 Å². The van der Waals surface area contributed by atoms with Gasteiger partial charge < -0.3 is 9.52 Å². The number of rotatable bonds is 2. The van der Waals surface area contributed by atoms with E-state index in [2.05, 4.69) is 23.1 Å². The molecular weight excluding hydrogens is 298 g/mol. The first kappa shape index (κ1) is 14.6. The average Bonchev–Trinajstić information content (AvgIpc) is 3.11. The van der Waals surface area contributed by atoms with Crippen molar-refractivity contribution < 1.29 is 9.52 Å². The molecule has 0 radical (unpaired) electrons. The SMILES string of the molecule is Oc1ccc2c(c1)[C@]13CCCCC1[C@H](C2)N(Cc1ccoc1)CC3. The van der Waals surface area contributed by atoms with Crippen LogP contribution in [0.1, 0.15) is 48.8 Å². The highest BCUT2D eigenvalue weighted by Gasteiger charge is 2.53. The van der Waals surface area contributed by atoms with Crippen molar-refractivity contribution in [1.29, 1.82) is 0 Å². The maximum absolute atomic E-state index is 10.1. The summed E-state index contributed by atoms with van der Waals surface area (Å²) in [5.74, 6) is 1.17. The molecule has 0 amide bonds. The molecule has 3 atom stereocenters. The van der Waals surface area contributed by atoms with Gasteiger partial charge in [-0.05, 0) is 67.5 Å². The zero-order chi connectivity index (χ0) is 16.1. The molecule has 24 heavy (non-hydrogen) atoms. The number of hydrogen-bond acceptors (Lipinski definition) is 3. The van der Waals surface area contributed by atoms with Crippen LogP contribution in [0.15, 0.2) is 41.2 Å². The molecule has 1 saturated carbocycles. The molecule has 126 valence electrons. The number of benzene rings is 1. The third-order valence-electron chi connectivity index (χ3n) is 6.90. The maximum Gasteiger partial charge on any atom is 0.115 e. The van der Waals surface area contributed by atoms with Gasteiger partial charge in [0, 0.05) is 23.6 Å². The lowest BCUT2D eigenvalue weighted by Crippen LogP contribution is -2.60. The molecule has 5 rings (SSSR count). The zero-order valence-corrected chi connectivity index (χ0v) is 14.1. The molecule has 2 fully saturated rings. The number of nitrogens with zero attached hydrogens (tertiary/aromatic N) is 1. The second-order valence-electron chi connectivity index (χ2n) is 7.97. The number of furan rings is 1. The minimum absolute atomic E-state index is 0.308. The molecule has 1 N–H and O–H groups in total. The molecule has 1 aromatic heterocycles.